The minimum atomic E-state index is -0.477. The summed E-state index contributed by atoms with van der Waals surface area (Å²) < 4.78 is 15.9. The maximum Gasteiger partial charge on any atom is 0.256 e. The van der Waals surface area contributed by atoms with Gasteiger partial charge in [-0.2, -0.15) is 0 Å². The predicted octanol–water partition coefficient (Wildman–Crippen LogP) is 4.16. The quantitative estimate of drug-likeness (QED) is 0.622. The van der Waals surface area contributed by atoms with Crippen LogP contribution in [0.15, 0.2) is 46.9 Å². The number of thiazole rings is 1. The largest absolute Gasteiger partial charge is 0.336 e. The molecular formula is C19H17BrFN3OS. The molecule has 0 saturated carbocycles. The number of fused-ring (bicyclic) bond motifs is 1. The van der Waals surface area contributed by atoms with Gasteiger partial charge in [-0.05, 0) is 30.3 Å². The van der Waals surface area contributed by atoms with E-state index < -0.39 is 5.82 Å². The first-order valence-electron chi connectivity index (χ1n) is 8.41. The van der Waals surface area contributed by atoms with Gasteiger partial charge in [-0.3, -0.25) is 9.69 Å². The van der Waals surface area contributed by atoms with Crippen molar-refractivity contribution in [3.63, 3.8) is 0 Å². The lowest BCUT2D eigenvalue weighted by Crippen LogP contribution is -2.48. The maximum absolute atomic E-state index is 14.0. The van der Waals surface area contributed by atoms with Gasteiger partial charge in [0.05, 0.1) is 22.3 Å². The van der Waals surface area contributed by atoms with Crippen LogP contribution in [-0.4, -0.2) is 46.9 Å². The fraction of sp³-hybridized carbons (Fsp3) is 0.263. The van der Waals surface area contributed by atoms with Crippen LogP contribution in [0, 0.1) is 5.82 Å². The zero-order valence-electron chi connectivity index (χ0n) is 14.0. The van der Waals surface area contributed by atoms with Crippen LogP contribution in [-0.2, 0) is 6.54 Å². The smallest absolute Gasteiger partial charge is 0.256 e. The van der Waals surface area contributed by atoms with Gasteiger partial charge in [-0.25, -0.2) is 9.37 Å². The number of aromatic nitrogens is 1. The molecule has 4 rings (SSSR count). The number of nitrogens with zero attached hydrogens (tertiary/aromatic N) is 3. The SMILES string of the molecule is O=C(c1cc(Br)ccc1F)N1CCN(Cc2nc3ccccc3s2)CC1. The van der Waals surface area contributed by atoms with Crippen molar-refractivity contribution >= 4 is 43.4 Å². The van der Waals surface area contributed by atoms with Gasteiger partial charge in [-0.1, -0.05) is 28.1 Å². The Morgan fingerprint density at radius 2 is 1.92 bits per heavy atom. The van der Waals surface area contributed by atoms with E-state index in [0.717, 1.165) is 30.2 Å². The first-order valence-corrected chi connectivity index (χ1v) is 10.0. The third-order valence-corrected chi connectivity index (χ3v) is 6.03. The van der Waals surface area contributed by atoms with E-state index in [1.807, 2.05) is 18.2 Å². The van der Waals surface area contributed by atoms with Gasteiger partial charge in [0.2, 0.25) is 0 Å². The topological polar surface area (TPSA) is 36.4 Å². The Morgan fingerprint density at radius 3 is 2.69 bits per heavy atom. The molecule has 1 saturated heterocycles. The number of carbonyl (C=O) groups is 1. The van der Waals surface area contributed by atoms with Crippen molar-refractivity contribution in [1.29, 1.82) is 0 Å². The molecular weight excluding hydrogens is 417 g/mol. The highest BCUT2D eigenvalue weighted by Gasteiger charge is 2.24. The third kappa shape index (κ3) is 3.65. The van der Waals surface area contributed by atoms with Crippen molar-refractivity contribution in [2.24, 2.45) is 0 Å². The predicted molar refractivity (Wildman–Crippen MR) is 105 cm³/mol. The van der Waals surface area contributed by atoms with E-state index in [4.69, 9.17) is 0 Å². The van der Waals surface area contributed by atoms with Gasteiger partial charge in [0.15, 0.2) is 0 Å². The molecule has 134 valence electrons. The lowest BCUT2D eigenvalue weighted by Gasteiger charge is -2.34. The molecule has 0 bridgehead atoms. The van der Waals surface area contributed by atoms with E-state index in [1.54, 1.807) is 28.4 Å². The zero-order valence-corrected chi connectivity index (χ0v) is 16.4. The number of piperazine rings is 1. The van der Waals surface area contributed by atoms with Crippen LogP contribution in [0.4, 0.5) is 4.39 Å². The summed E-state index contributed by atoms with van der Waals surface area (Å²) in [5, 5.41) is 1.09. The Kier molecular flexibility index (Phi) is 5.02. The van der Waals surface area contributed by atoms with Crippen molar-refractivity contribution < 1.29 is 9.18 Å². The summed E-state index contributed by atoms with van der Waals surface area (Å²) in [4.78, 5) is 21.3. The average Bonchev–Trinajstić information content (AvgIpc) is 3.06. The van der Waals surface area contributed by atoms with Crippen molar-refractivity contribution in [2.45, 2.75) is 6.54 Å². The van der Waals surface area contributed by atoms with E-state index in [0.29, 0.717) is 17.6 Å². The van der Waals surface area contributed by atoms with E-state index >= 15 is 0 Å². The molecule has 0 atom stereocenters. The molecule has 7 heteroatoms. The highest BCUT2D eigenvalue weighted by atomic mass is 79.9. The Balaban J connectivity index is 1.39. The number of halogens is 2. The van der Waals surface area contributed by atoms with Crippen LogP contribution in [0.1, 0.15) is 15.4 Å². The molecule has 0 N–H and O–H groups in total. The molecule has 2 aromatic carbocycles. The van der Waals surface area contributed by atoms with Crippen LogP contribution in [0.2, 0.25) is 0 Å². The highest BCUT2D eigenvalue weighted by molar-refractivity contribution is 9.10. The molecule has 3 aromatic rings. The Bertz CT molecular complexity index is 920. The lowest BCUT2D eigenvalue weighted by molar-refractivity contribution is 0.0624. The summed E-state index contributed by atoms with van der Waals surface area (Å²) in [6.45, 7) is 3.49. The summed E-state index contributed by atoms with van der Waals surface area (Å²) in [5.74, 6) is -0.724. The molecule has 1 aliphatic rings. The van der Waals surface area contributed by atoms with Crippen LogP contribution < -0.4 is 0 Å². The second kappa shape index (κ2) is 7.42. The molecule has 0 spiro atoms. The fourth-order valence-corrected chi connectivity index (χ4v) is 4.49. The molecule has 1 aliphatic heterocycles. The number of rotatable bonds is 3. The maximum atomic E-state index is 14.0. The second-order valence-electron chi connectivity index (χ2n) is 6.27. The third-order valence-electron chi connectivity index (χ3n) is 4.52. The number of amides is 1. The number of hydrogen-bond acceptors (Lipinski definition) is 4. The van der Waals surface area contributed by atoms with Gasteiger partial charge in [-0.15, -0.1) is 11.3 Å². The molecule has 1 amide bonds. The minimum Gasteiger partial charge on any atom is -0.336 e. The Morgan fingerprint density at radius 1 is 1.15 bits per heavy atom. The molecule has 1 aromatic heterocycles. The van der Waals surface area contributed by atoms with Crippen molar-refractivity contribution in [3.05, 3.63) is 63.3 Å². The van der Waals surface area contributed by atoms with Gasteiger partial charge in [0.25, 0.3) is 5.91 Å². The molecule has 4 nitrogen and oxygen atoms in total. The zero-order chi connectivity index (χ0) is 18.1. The summed E-state index contributed by atoms with van der Waals surface area (Å²) >= 11 is 5.01. The van der Waals surface area contributed by atoms with Gasteiger partial charge in [0.1, 0.15) is 10.8 Å². The van der Waals surface area contributed by atoms with E-state index in [2.05, 4.69) is 31.9 Å². The van der Waals surface area contributed by atoms with Crippen LogP contribution >= 0.6 is 27.3 Å². The molecule has 0 aliphatic carbocycles. The average molecular weight is 434 g/mol. The summed E-state index contributed by atoms with van der Waals surface area (Å²) in [6.07, 6.45) is 0. The highest BCUT2D eigenvalue weighted by Crippen LogP contribution is 2.23. The number of benzene rings is 2. The monoisotopic (exact) mass is 433 g/mol. The van der Waals surface area contributed by atoms with Crippen LogP contribution in [0.25, 0.3) is 10.2 Å². The molecule has 26 heavy (non-hydrogen) atoms. The first kappa shape index (κ1) is 17.6. The summed E-state index contributed by atoms with van der Waals surface area (Å²) in [6, 6.07) is 12.6. The summed E-state index contributed by atoms with van der Waals surface area (Å²) in [7, 11) is 0. The van der Waals surface area contributed by atoms with Crippen LogP contribution in [0.5, 0.6) is 0 Å². The minimum absolute atomic E-state index is 0.124. The molecule has 2 heterocycles. The van der Waals surface area contributed by atoms with E-state index in [9.17, 15) is 9.18 Å². The van der Waals surface area contributed by atoms with Crippen molar-refractivity contribution in [2.75, 3.05) is 26.2 Å². The van der Waals surface area contributed by atoms with E-state index in [-0.39, 0.29) is 11.5 Å². The molecule has 0 unspecified atom stereocenters. The lowest BCUT2D eigenvalue weighted by atomic mass is 10.1. The van der Waals surface area contributed by atoms with Gasteiger partial charge >= 0.3 is 0 Å². The Hall–Kier alpha value is -1.83. The van der Waals surface area contributed by atoms with Crippen molar-refractivity contribution in [1.82, 2.24) is 14.8 Å². The van der Waals surface area contributed by atoms with E-state index in [1.165, 1.54) is 10.8 Å². The van der Waals surface area contributed by atoms with Crippen LogP contribution in [0.3, 0.4) is 0 Å². The molecule has 0 radical (unpaired) electrons. The number of para-hydroxylation sites is 1. The number of hydrogen-bond donors (Lipinski definition) is 0. The fourth-order valence-electron chi connectivity index (χ4n) is 3.12. The second-order valence-corrected chi connectivity index (χ2v) is 8.30. The first-order chi connectivity index (χ1) is 12.6. The summed E-state index contributed by atoms with van der Waals surface area (Å²) in [5.41, 5.74) is 1.16. The molecule has 1 fully saturated rings. The van der Waals surface area contributed by atoms with Gasteiger partial charge in [0, 0.05) is 30.7 Å². The van der Waals surface area contributed by atoms with Gasteiger partial charge < -0.3 is 4.90 Å². The Labute approximate surface area is 163 Å². The standard InChI is InChI=1S/C19H17BrFN3OS/c20-13-5-6-15(21)14(11-13)19(25)24-9-7-23(8-10-24)12-18-22-16-3-1-2-4-17(16)26-18/h1-6,11H,7-10,12H2. The normalized spacial score (nSPS) is 15.5. The van der Waals surface area contributed by atoms with Crippen molar-refractivity contribution in [3.8, 4) is 0 Å². The number of carbonyl (C=O) groups excluding carboxylic acids is 1.